The van der Waals surface area contributed by atoms with Crippen LogP contribution in [0.25, 0.3) is 10.9 Å². The SMILES string of the molecule is COc1cccc(C(C)N2CCN(Cc3ccc4cn[nH]c4c3)CC2)c1. The van der Waals surface area contributed by atoms with Gasteiger partial charge in [-0.15, -0.1) is 0 Å². The van der Waals surface area contributed by atoms with Crippen molar-refractivity contribution < 1.29 is 4.74 Å². The first-order valence-corrected chi connectivity index (χ1v) is 9.25. The molecule has 0 radical (unpaired) electrons. The number of ether oxygens (including phenoxy) is 1. The lowest BCUT2D eigenvalue weighted by atomic mass is 10.1. The smallest absolute Gasteiger partial charge is 0.119 e. The van der Waals surface area contributed by atoms with Gasteiger partial charge in [-0.1, -0.05) is 24.3 Å². The van der Waals surface area contributed by atoms with Gasteiger partial charge >= 0.3 is 0 Å². The summed E-state index contributed by atoms with van der Waals surface area (Å²) < 4.78 is 5.37. The van der Waals surface area contributed by atoms with Crippen molar-refractivity contribution in [3.63, 3.8) is 0 Å². The third kappa shape index (κ3) is 3.59. The number of aromatic nitrogens is 2. The molecule has 1 unspecified atom stereocenters. The van der Waals surface area contributed by atoms with Crippen LogP contribution in [0, 0.1) is 0 Å². The lowest BCUT2D eigenvalue weighted by Crippen LogP contribution is -2.46. The van der Waals surface area contributed by atoms with Crippen molar-refractivity contribution in [1.82, 2.24) is 20.0 Å². The molecule has 0 amide bonds. The van der Waals surface area contributed by atoms with Crippen molar-refractivity contribution >= 4 is 10.9 Å². The molecule has 1 aliphatic heterocycles. The van der Waals surface area contributed by atoms with Crippen LogP contribution < -0.4 is 4.74 Å². The van der Waals surface area contributed by atoms with E-state index < -0.39 is 0 Å². The van der Waals surface area contributed by atoms with Crippen LogP contribution >= 0.6 is 0 Å². The molecule has 0 spiro atoms. The molecule has 1 saturated heterocycles. The summed E-state index contributed by atoms with van der Waals surface area (Å²) in [7, 11) is 1.73. The largest absolute Gasteiger partial charge is 0.497 e. The molecular formula is C21H26N4O. The lowest BCUT2D eigenvalue weighted by molar-refractivity contribution is 0.0978. The third-order valence-electron chi connectivity index (χ3n) is 5.44. The normalized spacial score (nSPS) is 17.5. The van der Waals surface area contributed by atoms with Gasteiger partial charge in [0.1, 0.15) is 5.75 Å². The number of piperazine rings is 1. The highest BCUT2D eigenvalue weighted by Crippen LogP contribution is 2.25. The standard InChI is InChI=1S/C21H26N4O/c1-16(18-4-3-5-20(13-18)26-2)25-10-8-24(9-11-25)15-17-6-7-19-14-22-23-21(19)12-17/h3-7,12-14,16H,8-11,15H2,1-2H3,(H,22,23). The van der Waals surface area contributed by atoms with Gasteiger partial charge in [-0.25, -0.2) is 0 Å². The topological polar surface area (TPSA) is 44.4 Å². The molecule has 1 aromatic heterocycles. The van der Waals surface area contributed by atoms with Gasteiger partial charge in [-0.2, -0.15) is 5.10 Å². The number of fused-ring (bicyclic) bond motifs is 1. The van der Waals surface area contributed by atoms with Crippen molar-refractivity contribution in [2.75, 3.05) is 33.3 Å². The summed E-state index contributed by atoms with van der Waals surface area (Å²) in [6.07, 6.45) is 1.87. The molecule has 1 fully saturated rings. The molecule has 1 aliphatic rings. The van der Waals surface area contributed by atoms with Crippen LogP contribution in [-0.4, -0.2) is 53.3 Å². The molecule has 0 bridgehead atoms. The second kappa shape index (κ2) is 7.48. The molecule has 5 nitrogen and oxygen atoms in total. The minimum Gasteiger partial charge on any atom is -0.497 e. The van der Waals surface area contributed by atoms with Crippen LogP contribution in [0.5, 0.6) is 5.75 Å². The van der Waals surface area contributed by atoms with E-state index in [9.17, 15) is 0 Å². The Morgan fingerprint density at radius 1 is 1.12 bits per heavy atom. The highest BCUT2D eigenvalue weighted by molar-refractivity contribution is 5.78. The fourth-order valence-corrected chi connectivity index (χ4v) is 3.76. The minimum atomic E-state index is 0.411. The van der Waals surface area contributed by atoms with Crippen LogP contribution in [0.2, 0.25) is 0 Å². The molecule has 0 saturated carbocycles. The second-order valence-electron chi connectivity index (χ2n) is 7.06. The maximum absolute atomic E-state index is 5.37. The third-order valence-corrected chi connectivity index (χ3v) is 5.44. The molecule has 2 aromatic carbocycles. The molecule has 2 heterocycles. The van der Waals surface area contributed by atoms with E-state index in [2.05, 4.69) is 63.3 Å². The van der Waals surface area contributed by atoms with E-state index in [1.54, 1.807) is 7.11 Å². The minimum absolute atomic E-state index is 0.411. The van der Waals surface area contributed by atoms with Crippen molar-refractivity contribution in [1.29, 1.82) is 0 Å². The highest BCUT2D eigenvalue weighted by Gasteiger charge is 2.22. The molecule has 3 aromatic rings. The van der Waals surface area contributed by atoms with Crippen LogP contribution in [0.4, 0.5) is 0 Å². The number of hydrogen-bond donors (Lipinski definition) is 1. The van der Waals surface area contributed by atoms with E-state index in [1.807, 2.05) is 12.3 Å². The van der Waals surface area contributed by atoms with Gasteiger partial charge < -0.3 is 4.74 Å². The molecule has 1 N–H and O–H groups in total. The number of H-pyrrole nitrogens is 1. The van der Waals surface area contributed by atoms with E-state index in [1.165, 1.54) is 16.5 Å². The molecule has 136 valence electrons. The second-order valence-corrected chi connectivity index (χ2v) is 7.06. The summed E-state index contributed by atoms with van der Waals surface area (Å²) in [6, 6.07) is 15.4. The van der Waals surface area contributed by atoms with Gasteiger partial charge in [0.15, 0.2) is 0 Å². The van der Waals surface area contributed by atoms with Crippen molar-refractivity contribution in [3.8, 4) is 5.75 Å². The monoisotopic (exact) mass is 350 g/mol. The van der Waals surface area contributed by atoms with E-state index in [0.29, 0.717) is 6.04 Å². The van der Waals surface area contributed by atoms with E-state index in [0.717, 1.165) is 44.0 Å². The zero-order valence-corrected chi connectivity index (χ0v) is 15.5. The maximum atomic E-state index is 5.37. The van der Waals surface area contributed by atoms with E-state index >= 15 is 0 Å². The van der Waals surface area contributed by atoms with Crippen molar-refractivity contribution in [3.05, 3.63) is 59.8 Å². The van der Waals surface area contributed by atoms with Gasteiger partial charge in [0.05, 0.1) is 18.8 Å². The Balaban J connectivity index is 1.35. The molecule has 26 heavy (non-hydrogen) atoms. The van der Waals surface area contributed by atoms with Gasteiger partial charge in [-0.05, 0) is 36.2 Å². The first kappa shape index (κ1) is 17.1. The molecule has 1 atom stereocenters. The molecular weight excluding hydrogens is 324 g/mol. The Kier molecular flexibility index (Phi) is 4.91. The Hall–Kier alpha value is -2.37. The van der Waals surface area contributed by atoms with Gasteiger partial charge in [-0.3, -0.25) is 14.9 Å². The molecule has 5 heteroatoms. The van der Waals surface area contributed by atoms with Crippen LogP contribution in [-0.2, 0) is 6.54 Å². The summed E-state index contributed by atoms with van der Waals surface area (Å²) in [5.41, 5.74) is 3.78. The van der Waals surface area contributed by atoms with Crippen LogP contribution in [0.3, 0.4) is 0 Å². The Morgan fingerprint density at radius 2 is 1.96 bits per heavy atom. The summed E-state index contributed by atoms with van der Waals surface area (Å²) in [5, 5.41) is 8.34. The maximum Gasteiger partial charge on any atom is 0.119 e. The number of rotatable bonds is 5. The average Bonchev–Trinajstić information content (AvgIpc) is 3.16. The van der Waals surface area contributed by atoms with Gasteiger partial charge in [0.2, 0.25) is 0 Å². The predicted molar refractivity (Wildman–Crippen MR) is 104 cm³/mol. The quantitative estimate of drug-likeness (QED) is 0.765. The van der Waals surface area contributed by atoms with Crippen molar-refractivity contribution in [2.45, 2.75) is 19.5 Å². The Bertz CT molecular complexity index is 867. The molecule has 4 rings (SSSR count). The Labute approximate surface area is 154 Å². The summed E-state index contributed by atoms with van der Waals surface area (Å²) in [6.45, 7) is 7.65. The zero-order valence-electron chi connectivity index (χ0n) is 15.5. The summed E-state index contributed by atoms with van der Waals surface area (Å²) in [5.74, 6) is 0.933. The van der Waals surface area contributed by atoms with Gasteiger partial charge in [0, 0.05) is 44.2 Å². The first-order chi connectivity index (χ1) is 12.7. The fraction of sp³-hybridized carbons (Fsp3) is 0.381. The average molecular weight is 350 g/mol. The van der Waals surface area contributed by atoms with E-state index in [4.69, 9.17) is 4.74 Å². The number of nitrogens with one attached hydrogen (secondary N) is 1. The van der Waals surface area contributed by atoms with Gasteiger partial charge in [0.25, 0.3) is 0 Å². The number of hydrogen-bond acceptors (Lipinski definition) is 4. The zero-order chi connectivity index (χ0) is 17.9. The summed E-state index contributed by atoms with van der Waals surface area (Å²) in [4.78, 5) is 5.09. The first-order valence-electron chi connectivity index (χ1n) is 9.25. The van der Waals surface area contributed by atoms with Crippen LogP contribution in [0.1, 0.15) is 24.1 Å². The lowest BCUT2D eigenvalue weighted by Gasteiger charge is -2.38. The number of nitrogens with zero attached hydrogens (tertiary/aromatic N) is 3. The number of aromatic amines is 1. The number of methoxy groups -OCH3 is 1. The Morgan fingerprint density at radius 3 is 2.77 bits per heavy atom. The van der Waals surface area contributed by atoms with Crippen molar-refractivity contribution in [2.24, 2.45) is 0 Å². The highest BCUT2D eigenvalue weighted by atomic mass is 16.5. The summed E-state index contributed by atoms with van der Waals surface area (Å²) >= 11 is 0. The number of benzene rings is 2. The van der Waals surface area contributed by atoms with Crippen LogP contribution in [0.15, 0.2) is 48.7 Å². The predicted octanol–water partition coefficient (Wildman–Crippen LogP) is 3.45. The molecule has 0 aliphatic carbocycles. The fourth-order valence-electron chi connectivity index (χ4n) is 3.76. The van der Waals surface area contributed by atoms with E-state index in [-0.39, 0.29) is 0 Å².